The van der Waals surface area contributed by atoms with Gasteiger partial charge in [-0.05, 0) is 72.7 Å². The zero-order valence-electron chi connectivity index (χ0n) is 20.2. The van der Waals surface area contributed by atoms with Crippen molar-refractivity contribution in [1.29, 1.82) is 0 Å². The molecule has 4 heterocycles. The smallest absolute Gasteiger partial charge is 0.330 e. The SMILES string of the molecule is NC[C@@H]1[C@H]2CN(CCc3ccc(-n4ccc(NC(=O)N5CCC6(CC5)CNC6)nc4=O)cc3)C[C@@H]12. The molecule has 0 radical (unpaired) electrons. The maximum atomic E-state index is 12.7. The average Bonchev–Trinajstić information content (AvgIpc) is 3.33. The molecular weight excluding hydrogens is 442 g/mol. The molecule has 0 unspecified atom stereocenters. The van der Waals surface area contributed by atoms with Crippen LogP contribution in [0.4, 0.5) is 10.6 Å². The van der Waals surface area contributed by atoms with Gasteiger partial charge in [0.15, 0.2) is 0 Å². The molecule has 4 fully saturated rings. The first-order valence-electron chi connectivity index (χ1n) is 12.9. The van der Waals surface area contributed by atoms with Crippen LogP contribution in [0.2, 0.25) is 0 Å². The number of aromatic nitrogens is 2. The lowest BCUT2D eigenvalue weighted by Gasteiger charge is -2.48. The molecule has 1 saturated carbocycles. The summed E-state index contributed by atoms with van der Waals surface area (Å²) >= 11 is 0. The van der Waals surface area contributed by atoms with Gasteiger partial charge in [0.1, 0.15) is 5.82 Å². The molecule has 3 saturated heterocycles. The van der Waals surface area contributed by atoms with Gasteiger partial charge in [-0.1, -0.05) is 12.1 Å². The van der Waals surface area contributed by atoms with E-state index in [-0.39, 0.29) is 6.03 Å². The summed E-state index contributed by atoms with van der Waals surface area (Å²) in [6.07, 6.45) is 4.72. The molecule has 4 N–H and O–H groups in total. The zero-order chi connectivity index (χ0) is 24.0. The van der Waals surface area contributed by atoms with Crippen molar-refractivity contribution in [2.75, 3.05) is 57.7 Å². The molecule has 1 spiro atoms. The number of hydrogen-bond acceptors (Lipinski definition) is 6. The molecule has 4 aliphatic rings. The first kappa shape index (κ1) is 22.7. The molecule has 9 heteroatoms. The number of carbonyl (C=O) groups is 1. The number of fused-ring (bicyclic) bond motifs is 1. The largest absolute Gasteiger partial charge is 0.354 e. The normalized spacial score (nSPS) is 26.9. The number of nitrogens with two attached hydrogens (primary N) is 1. The van der Waals surface area contributed by atoms with Crippen molar-refractivity contribution in [3.8, 4) is 5.69 Å². The second kappa shape index (κ2) is 9.04. The van der Waals surface area contributed by atoms with Gasteiger partial charge in [-0.3, -0.25) is 9.88 Å². The third kappa shape index (κ3) is 4.48. The van der Waals surface area contributed by atoms with Crippen LogP contribution in [0.15, 0.2) is 41.3 Å². The number of nitrogens with one attached hydrogen (secondary N) is 2. The molecule has 1 aliphatic carbocycles. The van der Waals surface area contributed by atoms with Crippen molar-refractivity contribution in [3.05, 3.63) is 52.6 Å². The fourth-order valence-electron chi connectivity index (χ4n) is 6.25. The maximum Gasteiger partial charge on any atom is 0.354 e. The number of hydrogen-bond donors (Lipinski definition) is 3. The fourth-order valence-corrected chi connectivity index (χ4v) is 6.25. The van der Waals surface area contributed by atoms with E-state index in [1.807, 2.05) is 17.0 Å². The molecule has 9 nitrogen and oxygen atoms in total. The second-order valence-electron chi connectivity index (χ2n) is 10.9. The van der Waals surface area contributed by atoms with Crippen LogP contribution in [-0.4, -0.2) is 77.7 Å². The number of nitrogens with zero attached hydrogens (tertiary/aromatic N) is 4. The Kier molecular flexibility index (Phi) is 5.86. The van der Waals surface area contributed by atoms with E-state index < -0.39 is 5.69 Å². The van der Waals surface area contributed by atoms with E-state index in [9.17, 15) is 9.59 Å². The van der Waals surface area contributed by atoms with Crippen LogP contribution in [0.1, 0.15) is 18.4 Å². The van der Waals surface area contributed by atoms with Crippen LogP contribution in [0.3, 0.4) is 0 Å². The minimum absolute atomic E-state index is 0.185. The van der Waals surface area contributed by atoms with Crippen LogP contribution < -0.4 is 22.1 Å². The summed E-state index contributed by atoms with van der Waals surface area (Å²) in [5.41, 5.74) is 7.82. The molecule has 3 atom stereocenters. The van der Waals surface area contributed by atoms with E-state index in [0.29, 0.717) is 11.2 Å². The number of piperidine rings is 2. The van der Waals surface area contributed by atoms with Gasteiger partial charge in [0, 0.05) is 52.0 Å². The minimum atomic E-state index is -0.403. The predicted octanol–water partition coefficient (Wildman–Crippen LogP) is 1.13. The Morgan fingerprint density at radius 3 is 2.43 bits per heavy atom. The van der Waals surface area contributed by atoms with Gasteiger partial charge in [0.25, 0.3) is 0 Å². The molecular formula is C26H35N7O2. The summed E-state index contributed by atoms with van der Waals surface area (Å²) in [5.74, 6) is 2.70. The summed E-state index contributed by atoms with van der Waals surface area (Å²) < 4.78 is 1.51. The average molecular weight is 478 g/mol. The van der Waals surface area contributed by atoms with Crippen LogP contribution in [0, 0.1) is 23.2 Å². The van der Waals surface area contributed by atoms with Crippen molar-refractivity contribution in [2.24, 2.45) is 28.9 Å². The predicted molar refractivity (Wildman–Crippen MR) is 135 cm³/mol. The number of urea groups is 1. The number of benzene rings is 1. The Morgan fingerprint density at radius 2 is 1.83 bits per heavy atom. The van der Waals surface area contributed by atoms with E-state index >= 15 is 0 Å². The Labute approximate surface area is 205 Å². The number of likely N-dealkylation sites (tertiary alicyclic amines) is 2. The Morgan fingerprint density at radius 1 is 1.11 bits per heavy atom. The van der Waals surface area contributed by atoms with E-state index in [4.69, 9.17) is 5.73 Å². The van der Waals surface area contributed by atoms with Gasteiger partial charge < -0.3 is 20.9 Å². The summed E-state index contributed by atoms with van der Waals surface area (Å²) in [6, 6.07) is 9.58. The molecule has 0 bridgehead atoms. The lowest BCUT2D eigenvalue weighted by Crippen LogP contribution is -2.59. The minimum Gasteiger partial charge on any atom is -0.330 e. The van der Waals surface area contributed by atoms with Crippen molar-refractivity contribution < 1.29 is 4.79 Å². The summed E-state index contributed by atoms with van der Waals surface area (Å²) in [4.78, 5) is 33.8. The monoisotopic (exact) mass is 477 g/mol. The zero-order valence-corrected chi connectivity index (χ0v) is 20.2. The van der Waals surface area contributed by atoms with Crippen molar-refractivity contribution in [3.63, 3.8) is 0 Å². The lowest BCUT2D eigenvalue weighted by molar-refractivity contribution is 0.0718. The summed E-state index contributed by atoms with van der Waals surface area (Å²) in [7, 11) is 0. The van der Waals surface area contributed by atoms with E-state index in [1.54, 1.807) is 12.3 Å². The fraction of sp³-hybridized carbons (Fsp3) is 0.577. The molecule has 3 aliphatic heterocycles. The van der Waals surface area contributed by atoms with Crippen molar-refractivity contribution in [1.82, 2.24) is 24.7 Å². The molecule has 1 aromatic heterocycles. The number of amides is 2. The van der Waals surface area contributed by atoms with E-state index in [1.165, 1.54) is 23.2 Å². The third-order valence-corrected chi connectivity index (χ3v) is 8.80. The van der Waals surface area contributed by atoms with E-state index in [0.717, 1.165) is 82.0 Å². The molecule has 1 aromatic carbocycles. The third-order valence-electron chi connectivity index (χ3n) is 8.80. The topological polar surface area (TPSA) is 109 Å². The standard InChI is InChI=1S/C26H35N7O2/c27-13-20-21-14-31(15-22(20)21)9-5-18-1-3-19(4-2-18)33-10-6-23(30-25(33)35)29-24(34)32-11-7-26(8-12-32)16-28-17-26/h1-4,6,10,20-22,28H,5,7-9,11-17,27H2,(H,29,30,34,35)/t20-,21-,22+. The van der Waals surface area contributed by atoms with Gasteiger partial charge in [0.05, 0.1) is 5.69 Å². The molecule has 35 heavy (non-hydrogen) atoms. The maximum absolute atomic E-state index is 12.7. The van der Waals surface area contributed by atoms with Gasteiger partial charge in [-0.25, -0.2) is 9.59 Å². The van der Waals surface area contributed by atoms with Gasteiger partial charge in [0.2, 0.25) is 0 Å². The van der Waals surface area contributed by atoms with Crippen molar-refractivity contribution >= 4 is 11.8 Å². The highest BCUT2D eigenvalue weighted by Crippen LogP contribution is 2.50. The van der Waals surface area contributed by atoms with Crippen molar-refractivity contribution in [2.45, 2.75) is 19.3 Å². The molecule has 2 amide bonds. The van der Waals surface area contributed by atoms with Crippen LogP contribution in [0.5, 0.6) is 0 Å². The van der Waals surface area contributed by atoms with Crippen LogP contribution in [0.25, 0.3) is 5.69 Å². The number of anilines is 1. The second-order valence-corrected chi connectivity index (χ2v) is 10.9. The van der Waals surface area contributed by atoms with Gasteiger partial charge in [-0.15, -0.1) is 0 Å². The van der Waals surface area contributed by atoms with Crippen LogP contribution >= 0.6 is 0 Å². The first-order valence-corrected chi connectivity index (χ1v) is 12.9. The quantitative estimate of drug-likeness (QED) is 0.576. The molecule has 2 aromatic rings. The number of rotatable bonds is 6. The highest BCUT2D eigenvalue weighted by molar-refractivity contribution is 5.88. The highest BCUT2D eigenvalue weighted by Gasteiger charge is 2.54. The van der Waals surface area contributed by atoms with E-state index in [2.05, 4.69) is 32.7 Å². The molecule has 6 rings (SSSR count). The highest BCUT2D eigenvalue weighted by atomic mass is 16.2. The summed E-state index contributed by atoms with van der Waals surface area (Å²) in [5, 5.41) is 6.13. The number of carbonyl (C=O) groups excluding carboxylic acids is 1. The molecule has 186 valence electrons. The summed E-state index contributed by atoms with van der Waals surface area (Å²) in [6.45, 7) is 7.86. The lowest BCUT2D eigenvalue weighted by atomic mass is 9.73. The Hall–Kier alpha value is -2.75. The first-order chi connectivity index (χ1) is 17.0. The Bertz CT molecular complexity index is 1120. The Balaban J connectivity index is 1.02. The van der Waals surface area contributed by atoms with Crippen LogP contribution in [-0.2, 0) is 6.42 Å². The van der Waals surface area contributed by atoms with Gasteiger partial charge >= 0.3 is 11.7 Å². The van der Waals surface area contributed by atoms with Gasteiger partial charge in [-0.2, -0.15) is 4.98 Å².